The molecule has 4 rings (SSSR count). The summed E-state index contributed by atoms with van der Waals surface area (Å²) in [5.41, 5.74) is 4.48. The van der Waals surface area contributed by atoms with Crippen LogP contribution in [-0.4, -0.2) is 44.7 Å². The molecule has 32 heavy (non-hydrogen) atoms. The van der Waals surface area contributed by atoms with E-state index in [2.05, 4.69) is 40.5 Å². The van der Waals surface area contributed by atoms with Crippen LogP contribution in [0.5, 0.6) is 11.5 Å². The van der Waals surface area contributed by atoms with Crippen molar-refractivity contribution in [2.45, 2.75) is 38.6 Å². The van der Waals surface area contributed by atoms with Crippen molar-refractivity contribution < 1.29 is 14.3 Å². The Morgan fingerprint density at radius 2 is 1.75 bits per heavy atom. The van der Waals surface area contributed by atoms with E-state index in [1.165, 1.54) is 24.0 Å². The lowest BCUT2D eigenvalue weighted by atomic mass is 9.91. The van der Waals surface area contributed by atoms with Crippen LogP contribution >= 0.6 is 0 Å². The Kier molecular flexibility index (Phi) is 7.48. The number of hydrogen-bond acceptors (Lipinski definition) is 4. The highest BCUT2D eigenvalue weighted by Gasteiger charge is 2.21. The molecule has 1 heterocycles. The SMILES string of the molecule is COc1cc2c(cc1OC)CCC(C(=O)NCCC1CCN(Cc3ccccc3)CC1)=C2. The number of benzene rings is 2. The summed E-state index contributed by atoms with van der Waals surface area (Å²) >= 11 is 0. The lowest BCUT2D eigenvalue weighted by Gasteiger charge is -2.32. The highest BCUT2D eigenvalue weighted by molar-refractivity contribution is 5.98. The molecule has 0 spiro atoms. The fourth-order valence-electron chi connectivity index (χ4n) is 4.77. The molecule has 1 saturated heterocycles. The van der Waals surface area contributed by atoms with E-state index in [1.807, 2.05) is 18.2 Å². The molecule has 0 unspecified atom stereocenters. The Hall–Kier alpha value is -2.79. The summed E-state index contributed by atoms with van der Waals surface area (Å²) in [5, 5.41) is 3.16. The van der Waals surface area contributed by atoms with E-state index in [1.54, 1.807) is 14.2 Å². The van der Waals surface area contributed by atoms with Crippen LogP contribution in [0.1, 0.15) is 42.4 Å². The fraction of sp³-hybridized carbons (Fsp3) is 0.444. The van der Waals surface area contributed by atoms with Crippen molar-refractivity contribution in [2.75, 3.05) is 33.9 Å². The van der Waals surface area contributed by atoms with Gasteiger partial charge in [-0.15, -0.1) is 0 Å². The molecule has 170 valence electrons. The van der Waals surface area contributed by atoms with Crippen molar-refractivity contribution in [3.63, 3.8) is 0 Å². The van der Waals surface area contributed by atoms with Crippen molar-refractivity contribution in [3.05, 3.63) is 64.7 Å². The summed E-state index contributed by atoms with van der Waals surface area (Å²) in [6.07, 6.45) is 7.07. The van der Waals surface area contributed by atoms with Crippen LogP contribution < -0.4 is 14.8 Å². The average molecular weight is 435 g/mol. The van der Waals surface area contributed by atoms with Crippen LogP contribution in [0.3, 0.4) is 0 Å². The quantitative estimate of drug-likeness (QED) is 0.667. The summed E-state index contributed by atoms with van der Waals surface area (Å²) in [5.74, 6) is 2.19. The molecule has 0 bridgehead atoms. The van der Waals surface area contributed by atoms with E-state index < -0.39 is 0 Å². The minimum absolute atomic E-state index is 0.0620. The number of carbonyl (C=O) groups is 1. The minimum atomic E-state index is 0.0620. The zero-order valence-electron chi connectivity index (χ0n) is 19.2. The molecule has 5 nitrogen and oxygen atoms in total. The first-order valence-electron chi connectivity index (χ1n) is 11.7. The standard InChI is InChI=1S/C27H34N2O3/c1-31-25-17-22-8-9-23(16-24(22)18-26(25)32-2)27(30)28-13-10-20-11-14-29(15-12-20)19-21-6-4-3-5-7-21/h3-7,16-18,20H,8-15,19H2,1-2H3,(H,28,30). The van der Waals surface area contributed by atoms with Gasteiger partial charge in [-0.25, -0.2) is 0 Å². The van der Waals surface area contributed by atoms with E-state index in [4.69, 9.17) is 9.47 Å². The predicted molar refractivity (Wildman–Crippen MR) is 128 cm³/mol. The summed E-state index contributed by atoms with van der Waals surface area (Å²) in [4.78, 5) is 15.3. The first-order chi connectivity index (χ1) is 15.7. The van der Waals surface area contributed by atoms with E-state index in [9.17, 15) is 4.79 Å². The van der Waals surface area contributed by atoms with Crippen LogP contribution in [0.4, 0.5) is 0 Å². The maximum atomic E-state index is 12.7. The number of nitrogens with zero attached hydrogens (tertiary/aromatic N) is 1. The Balaban J connectivity index is 1.23. The van der Waals surface area contributed by atoms with E-state index in [0.29, 0.717) is 11.7 Å². The van der Waals surface area contributed by atoms with Gasteiger partial charge >= 0.3 is 0 Å². The number of amides is 1. The monoisotopic (exact) mass is 434 g/mol. The van der Waals surface area contributed by atoms with Gasteiger partial charge in [0.05, 0.1) is 14.2 Å². The van der Waals surface area contributed by atoms with Gasteiger partial charge in [-0.05, 0) is 86.0 Å². The summed E-state index contributed by atoms with van der Waals surface area (Å²) in [6, 6.07) is 14.7. The van der Waals surface area contributed by atoms with E-state index in [0.717, 1.165) is 62.3 Å². The number of fused-ring (bicyclic) bond motifs is 1. The van der Waals surface area contributed by atoms with Gasteiger partial charge in [-0.3, -0.25) is 9.69 Å². The van der Waals surface area contributed by atoms with Crippen molar-refractivity contribution in [1.29, 1.82) is 0 Å². The van der Waals surface area contributed by atoms with Gasteiger partial charge in [-0.2, -0.15) is 0 Å². The number of carbonyl (C=O) groups excluding carboxylic acids is 1. The smallest absolute Gasteiger partial charge is 0.247 e. The average Bonchev–Trinajstić information content (AvgIpc) is 2.84. The number of methoxy groups -OCH3 is 2. The molecular formula is C27H34N2O3. The van der Waals surface area contributed by atoms with Gasteiger partial charge in [0.15, 0.2) is 11.5 Å². The first-order valence-corrected chi connectivity index (χ1v) is 11.7. The summed E-state index contributed by atoms with van der Waals surface area (Å²) < 4.78 is 10.8. The zero-order chi connectivity index (χ0) is 22.3. The lowest BCUT2D eigenvalue weighted by Crippen LogP contribution is -2.35. The van der Waals surface area contributed by atoms with Gasteiger partial charge in [-0.1, -0.05) is 30.3 Å². The van der Waals surface area contributed by atoms with Gasteiger partial charge in [0.25, 0.3) is 0 Å². The largest absolute Gasteiger partial charge is 0.493 e. The summed E-state index contributed by atoms with van der Waals surface area (Å²) in [7, 11) is 3.28. The van der Waals surface area contributed by atoms with Gasteiger partial charge in [0.2, 0.25) is 5.91 Å². The third-order valence-electron chi connectivity index (χ3n) is 6.72. The number of likely N-dealkylation sites (tertiary alicyclic amines) is 1. The third kappa shape index (κ3) is 5.52. The fourth-order valence-corrected chi connectivity index (χ4v) is 4.77. The van der Waals surface area contributed by atoms with Gasteiger partial charge in [0.1, 0.15) is 0 Å². The Bertz CT molecular complexity index is 947. The molecule has 1 N–H and O–H groups in total. The molecule has 2 aromatic rings. The maximum Gasteiger partial charge on any atom is 0.247 e. The zero-order valence-corrected chi connectivity index (χ0v) is 19.2. The number of hydrogen-bond donors (Lipinski definition) is 1. The molecule has 5 heteroatoms. The number of aryl methyl sites for hydroxylation is 1. The van der Waals surface area contributed by atoms with Crippen LogP contribution in [-0.2, 0) is 17.8 Å². The maximum absolute atomic E-state index is 12.7. The highest BCUT2D eigenvalue weighted by Crippen LogP contribution is 2.35. The first kappa shape index (κ1) is 22.4. The molecule has 1 amide bonds. The molecule has 0 atom stereocenters. The normalized spacial score (nSPS) is 16.8. The van der Waals surface area contributed by atoms with Crippen molar-refractivity contribution in [3.8, 4) is 11.5 Å². The Morgan fingerprint density at radius 1 is 1.03 bits per heavy atom. The second-order valence-electron chi connectivity index (χ2n) is 8.83. The molecule has 1 aliphatic carbocycles. The molecule has 2 aliphatic rings. The molecule has 0 radical (unpaired) electrons. The number of piperidine rings is 1. The number of nitrogens with one attached hydrogen (secondary N) is 1. The van der Waals surface area contributed by atoms with Crippen LogP contribution in [0.15, 0.2) is 48.0 Å². The molecular weight excluding hydrogens is 400 g/mol. The van der Waals surface area contributed by atoms with Crippen LogP contribution in [0.2, 0.25) is 0 Å². The lowest BCUT2D eigenvalue weighted by molar-refractivity contribution is -0.117. The highest BCUT2D eigenvalue weighted by atomic mass is 16.5. The van der Waals surface area contributed by atoms with E-state index >= 15 is 0 Å². The minimum Gasteiger partial charge on any atom is -0.493 e. The molecule has 1 fully saturated rings. The van der Waals surface area contributed by atoms with Crippen molar-refractivity contribution in [2.24, 2.45) is 5.92 Å². The second kappa shape index (κ2) is 10.7. The molecule has 2 aromatic carbocycles. The molecule has 0 saturated carbocycles. The molecule has 0 aromatic heterocycles. The van der Waals surface area contributed by atoms with Crippen molar-refractivity contribution >= 4 is 12.0 Å². The Labute approximate surface area is 191 Å². The second-order valence-corrected chi connectivity index (χ2v) is 8.83. The van der Waals surface area contributed by atoms with E-state index in [-0.39, 0.29) is 5.91 Å². The Morgan fingerprint density at radius 3 is 2.47 bits per heavy atom. The van der Waals surface area contributed by atoms with Crippen molar-refractivity contribution in [1.82, 2.24) is 10.2 Å². The number of ether oxygens (including phenoxy) is 2. The van der Waals surface area contributed by atoms with Gasteiger partial charge in [0, 0.05) is 18.7 Å². The topological polar surface area (TPSA) is 50.8 Å². The third-order valence-corrected chi connectivity index (χ3v) is 6.72. The van der Waals surface area contributed by atoms with Crippen LogP contribution in [0, 0.1) is 5.92 Å². The van der Waals surface area contributed by atoms with Crippen LogP contribution in [0.25, 0.3) is 6.08 Å². The summed E-state index contributed by atoms with van der Waals surface area (Å²) in [6.45, 7) is 4.07. The number of rotatable bonds is 8. The molecule has 1 aliphatic heterocycles. The predicted octanol–water partition coefficient (Wildman–Crippen LogP) is 4.45. The van der Waals surface area contributed by atoms with Gasteiger partial charge < -0.3 is 14.8 Å².